The van der Waals surface area contributed by atoms with Crippen LogP contribution >= 0.6 is 0 Å². The molecule has 0 aliphatic carbocycles. The normalized spacial score (nSPS) is 11.1. The molecule has 168 valence electrons. The number of rotatable bonds is 11. The molecule has 0 aromatic heterocycles. The van der Waals surface area contributed by atoms with Gasteiger partial charge in [0.2, 0.25) is 0 Å². The predicted molar refractivity (Wildman–Crippen MR) is 119 cm³/mol. The zero-order chi connectivity index (χ0) is 22.7. The molecule has 0 bridgehead atoms. The average Bonchev–Trinajstić information content (AvgIpc) is 2.73. The monoisotopic (exact) mass is 428 g/mol. The molecular weight excluding hydrogens is 396 g/mol. The van der Waals surface area contributed by atoms with Gasteiger partial charge in [0.25, 0.3) is 0 Å². The minimum Gasteiger partial charge on any atom is -0.434 e. The van der Waals surface area contributed by atoms with E-state index in [0.717, 1.165) is 43.4 Å². The second kappa shape index (κ2) is 12.1. The van der Waals surface area contributed by atoms with Crippen molar-refractivity contribution in [3.63, 3.8) is 0 Å². The van der Waals surface area contributed by atoms with Crippen molar-refractivity contribution >= 4 is 12.1 Å². The largest absolute Gasteiger partial charge is 0.513 e. The van der Waals surface area contributed by atoms with Gasteiger partial charge in [-0.25, -0.2) is 4.79 Å². The van der Waals surface area contributed by atoms with Crippen LogP contribution in [0.1, 0.15) is 57.6 Å². The Hall–Kier alpha value is -2.86. The molecule has 0 N–H and O–H groups in total. The summed E-state index contributed by atoms with van der Waals surface area (Å²) in [5, 5.41) is 0. The fourth-order valence-electron chi connectivity index (χ4n) is 3.20. The van der Waals surface area contributed by atoms with Crippen molar-refractivity contribution in [2.45, 2.75) is 51.9 Å². The maximum absolute atomic E-state index is 11.9. The van der Waals surface area contributed by atoms with Crippen molar-refractivity contribution in [2.24, 2.45) is 0 Å². The molecule has 0 unspecified atom stereocenters. The fraction of sp³-hybridized carbons (Fsp3) is 0.440. The van der Waals surface area contributed by atoms with Crippen LogP contribution in [0.25, 0.3) is 0 Å². The summed E-state index contributed by atoms with van der Waals surface area (Å²) in [6.07, 6.45) is 3.17. The third-order valence-corrected chi connectivity index (χ3v) is 5.08. The third-order valence-electron chi connectivity index (χ3n) is 5.08. The van der Waals surface area contributed by atoms with Crippen molar-refractivity contribution in [3.05, 3.63) is 59.7 Å². The first-order valence-corrected chi connectivity index (χ1v) is 10.6. The van der Waals surface area contributed by atoms with E-state index in [2.05, 4.69) is 13.8 Å². The first-order valence-electron chi connectivity index (χ1n) is 10.6. The topological polar surface area (TPSA) is 71.1 Å². The molecule has 31 heavy (non-hydrogen) atoms. The Balaban J connectivity index is 1.86. The van der Waals surface area contributed by atoms with Gasteiger partial charge in [-0.2, -0.15) is 0 Å². The summed E-state index contributed by atoms with van der Waals surface area (Å²) in [5.41, 5.74) is 1.85. The highest BCUT2D eigenvalue weighted by atomic mass is 16.7. The summed E-state index contributed by atoms with van der Waals surface area (Å²) in [7, 11) is 1.69. The Bertz CT molecular complexity index is 824. The maximum Gasteiger partial charge on any atom is 0.513 e. The van der Waals surface area contributed by atoms with Gasteiger partial charge in [-0.1, -0.05) is 44.5 Å². The van der Waals surface area contributed by atoms with Crippen LogP contribution in [0.15, 0.2) is 48.5 Å². The Morgan fingerprint density at radius 2 is 1.23 bits per heavy atom. The molecule has 0 atom stereocenters. The number of hydrogen-bond acceptors (Lipinski definition) is 6. The molecule has 6 heteroatoms. The highest BCUT2D eigenvalue weighted by Crippen LogP contribution is 2.33. The number of methoxy groups -OCH3 is 1. The number of ether oxygens (including phenoxy) is 4. The average molecular weight is 429 g/mol. The Labute approximate surface area is 184 Å². The van der Waals surface area contributed by atoms with Crippen molar-refractivity contribution in [1.82, 2.24) is 0 Å². The minimum atomic E-state index is -0.690. The third kappa shape index (κ3) is 8.06. The summed E-state index contributed by atoms with van der Waals surface area (Å²) in [4.78, 5) is 22.9. The lowest BCUT2D eigenvalue weighted by atomic mass is 9.78. The molecule has 0 fully saturated rings. The molecule has 2 rings (SSSR count). The van der Waals surface area contributed by atoms with Crippen LogP contribution in [-0.4, -0.2) is 32.4 Å². The second-order valence-corrected chi connectivity index (χ2v) is 7.87. The molecule has 0 aliphatic heterocycles. The lowest BCUT2D eigenvalue weighted by Crippen LogP contribution is -2.19. The molecule has 0 radical (unpaired) electrons. The van der Waals surface area contributed by atoms with Gasteiger partial charge in [0, 0.05) is 26.1 Å². The molecule has 2 aromatic rings. The van der Waals surface area contributed by atoms with Crippen LogP contribution in [0, 0.1) is 0 Å². The number of carbonyl (C=O) groups is 2. The Kier molecular flexibility index (Phi) is 9.53. The summed E-state index contributed by atoms with van der Waals surface area (Å²) < 4.78 is 20.5. The van der Waals surface area contributed by atoms with E-state index in [1.807, 2.05) is 24.3 Å². The Morgan fingerprint density at radius 1 is 0.742 bits per heavy atom. The van der Waals surface area contributed by atoms with E-state index >= 15 is 0 Å². The molecular formula is C25H32O6. The molecule has 0 aliphatic rings. The molecule has 0 saturated carbocycles. The van der Waals surface area contributed by atoms with Gasteiger partial charge < -0.3 is 18.9 Å². The maximum atomic E-state index is 11.9. The Morgan fingerprint density at radius 3 is 1.71 bits per heavy atom. The highest BCUT2D eigenvalue weighted by Gasteiger charge is 2.23. The number of unbranched alkanes of at least 4 members (excludes halogenated alkanes) is 3. The molecule has 0 saturated heterocycles. The van der Waals surface area contributed by atoms with Gasteiger partial charge in [-0.3, -0.25) is 4.79 Å². The molecule has 0 heterocycles. The summed E-state index contributed by atoms with van der Waals surface area (Å²) in [5.74, 6) is 0.613. The predicted octanol–water partition coefficient (Wildman–Crippen LogP) is 5.66. The van der Waals surface area contributed by atoms with Crippen LogP contribution in [0.4, 0.5) is 4.79 Å². The van der Waals surface area contributed by atoms with E-state index in [9.17, 15) is 9.59 Å². The van der Waals surface area contributed by atoms with E-state index in [1.54, 1.807) is 31.4 Å². The van der Waals surface area contributed by atoms with Crippen molar-refractivity contribution < 1.29 is 28.5 Å². The highest BCUT2D eigenvalue weighted by molar-refractivity contribution is 5.69. The molecule has 0 spiro atoms. The van der Waals surface area contributed by atoms with Crippen LogP contribution < -0.4 is 9.47 Å². The number of carbonyl (C=O) groups excluding carboxylic acids is 2. The van der Waals surface area contributed by atoms with E-state index in [1.165, 1.54) is 6.92 Å². The number of esters is 1. The first kappa shape index (κ1) is 24.4. The van der Waals surface area contributed by atoms with Crippen molar-refractivity contribution in [3.8, 4) is 11.5 Å². The molecule has 2 aromatic carbocycles. The minimum absolute atomic E-state index is 0.281. The van der Waals surface area contributed by atoms with E-state index in [0.29, 0.717) is 18.1 Å². The standard InChI is InChI=1S/C25H32O6/c1-19(26)30-22-13-9-20(10-14-22)25(2,3)21-11-15-23(16-12-21)31-24(27)29-18-8-6-5-7-17-28-4/h9-16H,5-8,17-18H2,1-4H3. The van der Waals surface area contributed by atoms with Gasteiger partial charge in [-0.05, 0) is 54.7 Å². The number of benzene rings is 2. The zero-order valence-electron chi connectivity index (χ0n) is 18.8. The summed E-state index contributed by atoms with van der Waals surface area (Å²) in [6, 6.07) is 14.8. The van der Waals surface area contributed by atoms with E-state index in [-0.39, 0.29) is 11.4 Å². The fourth-order valence-corrected chi connectivity index (χ4v) is 3.20. The smallest absolute Gasteiger partial charge is 0.434 e. The van der Waals surface area contributed by atoms with Crippen LogP contribution in [0.3, 0.4) is 0 Å². The first-order chi connectivity index (χ1) is 14.8. The quantitative estimate of drug-likeness (QED) is 0.199. The van der Waals surface area contributed by atoms with Gasteiger partial charge in [0.05, 0.1) is 6.61 Å². The lowest BCUT2D eigenvalue weighted by molar-refractivity contribution is -0.131. The second-order valence-electron chi connectivity index (χ2n) is 7.87. The molecule has 6 nitrogen and oxygen atoms in total. The molecule has 0 amide bonds. The summed E-state index contributed by atoms with van der Waals surface area (Å²) >= 11 is 0. The van der Waals surface area contributed by atoms with Gasteiger partial charge in [0.1, 0.15) is 11.5 Å². The van der Waals surface area contributed by atoms with Crippen LogP contribution in [-0.2, 0) is 19.7 Å². The summed E-state index contributed by atoms with van der Waals surface area (Å²) in [6.45, 7) is 6.69. The van der Waals surface area contributed by atoms with Crippen LogP contribution in [0.2, 0.25) is 0 Å². The van der Waals surface area contributed by atoms with E-state index < -0.39 is 6.16 Å². The van der Waals surface area contributed by atoms with Crippen molar-refractivity contribution in [1.29, 1.82) is 0 Å². The van der Waals surface area contributed by atoms with Gasteiger partial charge in [-0.15, -0.1) is 0 Å². The SMILES string of the molecule is COCCCCCCOC(=O)Oc1ccc(C(C)(C)c2ccc(OC(C)=O)cc2)cc1. The van der Waals surface area contributed by atoms with Gasteiger partial charge >= 0.3 is 12.1 Å². The zero-order valence-corrected chi connectivity index (χ0v) is 18.8. The number of hydrogen-bond donors (Lipinski definition) is 0. The van der Waals surface area contributed by atoms with Crippen molar-refractivity contribution in [2.75, 3.05) is 20.3 Å². The lowest BCUT2D eigenvalue weighted by Gasteiger charge is -2.26. The van der Waals surface area contributed by atoms with Gasteiger partial charge in [0.15, 0.2) is 0 Å². The van der Waals surface area contributed by atoms with Crippen LogP contribution in [0.5, 0.6) is 11.5 Å². The van der Waals surface area contributed by atoms with E-state index in [4.69, 9.17) is 18.9 Å².